The molecule has 2 heterocycles. The van der Waals surface area contributed by atoms with Crippen molar-refractivity contribution in [2.75, 3.05) is 38.1 Å². The Balaban J connectivity index is 1.63. The maximum Gasteiger partial charge on any atom is 0.271 e. The van der Waals surface area contributed by atoms with Gasteiger partial charge in [-0.25, -0.2) is 4.39 Å². The third-order valence-corrected chi connectivity index (χ3v) is 4.48. The molecule has 7 nitrogen and oxygen atoms in total. The van der Waals surface area contributed by atoms with Crippen LogP contribution in [0.4, 0.5) is 10.2 Å². The second-order valence-corrected chi connectivity index (χ2v) is 6.17. The zero-order chi connectivity index (χ0) is 18.7. The van der Waals surface area contributed by atoms with Gasteiger partial charge in [0.1, 0.15) is 5.82 Å². The second kappa shape index (κ2) is 7.65. The molecule has 0 bridgehead atoms. The number of halogens is 2. The zero-order valence-corrected chi connectivity index (χ0v) is 14.8. The standard InChI is InChI=1S/C17H17ClFN5O2/c1-20-16(25)14-4-5-15(22-21-14)23-6-8-24(9-7-23)17(26)12-3-2-11(19)10-13(12)18/h2-5,10H,6-9H2,1H3,(H,20,25). The minimum atomic E-state index is -0.477. The smallest absolute Gasteiger partial charge is 0.271 e. The molecule has 1 N–H and O–H groups in total. The topological polar surface area (TPSA) is 78.4 Å². The third kappa shape index (κ3) is 3.75. The number of benzene rings is 1. The van der Waals surface area contributed by atoms with Crippen LogP contribution in [0.5, 0.6) is 0 Å². The van der Waals surface area contributed by atoms with Crippen LogP contribution in [0.2, 0.25) is 5.02 Å². The predicted molar refractivity (Wildman–Crippen MR) is 94.9 cm³/mol. The predicted octanol–water partition coefficient (Wildman–Crippen LogP) is 1.59. The molecule has 1 aliphatic rings. The lowest BCUT2D eigenvalue weighted by atomic mass is 10.1. The van der Waals surface area contributed by atoms with Crippen LogP contribution in [0.25, 0.3) is 0 Å². The van der Waals surface area contributed by atoms with Gasteiger partial charge in [-0.15, -0.1) is 10.2 Å². The van der Waals surface area contributed by atoms with Gasteiger partial charge in [0.2, 0.25) is 0 Å². The summed E-state index contributed by atoms with van der Waals surface area (Å²) < 4.78 is 13.1. The van der Waals surface area contributed by atoms with Crippen LogP contribution in [0, 0.1) is 5.82 Å². The summed E-state index contributed by atoms with van der Waals surface area (Å²) in [6.45, 7) is 2.09. The Morgan fingerprint density at radius 2 is 1.85 bits per heavy atom. The Morgan fingerprint density at radius 3 is 2.42 bits per heavy atom. The Bertz CT molecular complexity index is 822. The van der Waals surface area contributed by atoms with Crippen molar-refractivity contribution in [2.45, 2.75) is 0 Å². The van der Waals surface area contributed by atoms with E-state index in [-0.39, 0.29) is 28.1 Å². The number of hydrogen-bond acceptors (Lipinski definition) is 5. The van der Waals surface area contributed by atoms with Crippen molar-refractivity contribution >= 4 is 29.2 Å². The minimum Gasteiger partial charge on any atom is -0.354 e. The maximum atomic E-state index is 13.1. The molecule has 0 aliphatic carbocycles. The molecule has 1 saturated heterocycles. The van der Waals surface area contributed by atoms with E-state index in [4.69, 9.17) is 11.6 Å². The van der Waals surface area contributed by atoms with Gasteiger partial charge in [-0.1, -0.05) is 11.6 Å². The SMILES string of the molecule is CNC(=O)c1ccc(N2CCN(C(=O)c3ccc(F)cc3Cl)CC2)nn1. The normalized spacial score (nSPS) is 14.3. The van der Waals surface area contributed by atoms with Gasteiger partial charge in [-0.2, -0.15) is 0 Å². The van der Waals surface area contributed by atoms with Crippen molar-refractivity contribution < 1.29 is 14.0 Å². The van der Waals surface area contributed by atoms with Crippen molar-refractivity contribution in [1.82, 2.24) is 20.4 Å². The summed E-state index contributed by atoms with van der Waals surface area (Å²) in [5.41, 5.74) is 0.534. The first kappa shape index (κ1) is 18.1. The average molecular weight is 378 g/mol. The molecule has 1 aromatic carbocycles. The van der Waals surface area contributed by atoms with Crippen LogP contribution in [0.1, 0.15) is 20.8 Å². The van der Waals surface area contributed by atoms with Crippen molar-refractivity contribution in [3.05, 3.63) is 52.4 Å². The molecule has 0 saturated carbocycles. The van der Waals surface area contributed by atoms with Crippen LogP contribution < -0.4 is 10.2 Å². The van der Waals surface area contributed by atoms with Gasteiger partial charge in [0, 0.05) is 33.2 Å². The van der Waals surface area contributed by atoms with Crippen LogP contribution in [0.3, 0.4) is 0 Å². The lowest BCUT2D eigenvalue weighted by Gasteiger charge is -2.35. The summed E-state index contributed by atoms with van der Waals surface area (Å²) in [6, 6.07) is 7.09. The number of carbonyl (C=O) groups excluding carboxylic acids is 2. The van der Waals surface area contributed by atoms with Crippen molar-refractivity contribution in [2.24, 2.45) is 0 Å². The van der Waals surface area contributed by atoms with E-state index in [9.17, 15) is 14.0 Å². The monoisotopic (exact) mass is 377 g/mol. The summed E-state index contributed by atoms with van der Waals surface area (Å²) in [4.78, 5) is 27.7. The Hall–Kier alpha value is -2.74. The number of nitrogens with zero attached hydrogens (tertiary/aromatic N) is 4. The molecular formula is C17H17ClFN5O2. The molecule has 1 fully saturated rings. The molecule has 9 heteroatoms. The Labute approximate surface area is 154 Å². The molecule has 0 spiro atoms. The first-order valence-corrected chi connectivity index (χ1v) is 8.42. The van der Waals surface area contributed by atoms with E-state index in [1.54, 1.807) is 17.0 Å². The highest BCUT2D eigenvalue weighted by Crippen LogP contribution is 2.21. The molecule has 0 unspecified atom stereocenters. The van der Waals surface area contributed by atoms with Gasteiger partial charge >= 0.3 is 0 Å². The van der Waals surface area contributed by atoms with Crippen molar-refractivity contribution in [1.29, 1.82) is 0 Å². The fourth-order valence-corrected chi connectivity index (χ4v) is 2.96. The summed E-state index contributed by atoms with van der Waals surface area (Å²) >= 11 is 5.97. The number of aromatic nitrogens is 2. The van der Waals surface area contributed by atoms with Gasteiger partial charge in [0.05, 0.1) is 10.6 Å². The van der Waals surface area contributed by atoms with Crippen LogP contribution in [0.15, 0.2) is 30.3 Å². The van der Waals surface area contributed by atoms with Crippen LogP contribution >= 0.6 is 11.6 Å². The summed E-state index contributed by atoms with van der Waals surface area (Å²) in [6.07, 6.45) is 0. The van der Waals surface area contributed by atoms with Gasteiger partial charge in [0.15, 0.2) is 11.5 Å². The largest absolute Gasteiger partial charge is 0.354 e. The fraction of sp³-hybridized carbons (Fsp3) is 0.294. The number of hydrogen-bond donors (Lipinski definition) is 1. The molecule has 0 radical (unpaired) electrons. The van der Waals surface area contributed by atoms with Gasteiger partial charge in [0.25, 0.3) is 11.8 Å². The minimum absolute atomic E-state index is 0.105. The number of nitrogens with one attached hydrogen (secondary N) is 1. The molecule has 136 valence electrons. The van der Waals surface area contributed by atoms with Gasteiger partial charge in [-0.3, -0.25) is 9.59 Å². The molecule has 2 amide bonds. The Morgan fingerprint density at radius 1 is 1.12 bits per heavy atom. The highest BCUT2D eigenvalue weighted by Gasteiger charge is 2.24. The summed E-state index contributed by atoms with van der Waals surface area (Å²) in [5, 5.41) is 10.6. The zero-order valence-electron chi connectivity index (χ0n) is 14.1. The van der Waals surface area contributed by atoms with E-state index in [1.807, 2.05) is 4.90 Å². The second-order valence-electron chi connectivity index (χ2n) is 5.76. The number of carbonyl (C=O) groups is 2. The van der Waals surface area contributed by atoms with E-state index in [1.165, 1.54) is 19.2 Å². The molecule has 0 atom stereocenters. The molecular weight excluding hydrogens is 361 g/mol. The van der Waals surface area contributed by atoms with E-state index in [0.717, 1.165) is 6.07 Å². The number of piperazine rings is 1. The quantitative estimate of drug-likeness (QED) is 0.878. The van der Waals surface area contributed by atoms with E-state index >= 15 is 0 Å². The first-order chi connectivity index (χ1) is 12.5. The fourth-order valence-electron chi connectivity index (χ4n) is 2.71. The molecule has 1 aliphatic heterocycles. The van der Waals surface area contributed by atoms with Crippen LogP contribution in [-0.2, 0) is 0 Å². The van der Waals surface area contributed by atoms with Crippen LogP contribution in [-0.4, -0.2) is 60.1 Å². The van der Waals surface area contributed by atoms with E-state index in [0.29, 0.717) is 32.0 Å². The molecule has 26 heavy (non-hydrogen) atoms. The third-order valence-electron chi connectivity index (χ3n) is 4.16. The van der Waals surface area contributed by atoms with Crippen molar-refractivity contribution in [3.8, 4) is 0 Å². The van der Waals surface area contributed by atoms with E-state index < -0.39 is 5.82 Å². The summed E-state index contributed by atoms with van der Waals surface area (Å²) in [5.74, 6) is -0.356. The van der Waals surface area contributed by atoms with E-state index in [2.05, 4.69) is 15.5 Å². The highest BCUT2D eigenvalue weighted by atomic mass is 35.5. The first-order valence-electron chi connectivity index (χ1n) is 8.04. The molecule has 3 rings (SSSR count). The molecule has 2 aromatic rings. The molecule has 1 aromatic heterocycles. The summed E-state index contributed by atoms with van der Waals surface area (Å²) in [7, 11) is 1.53. The van der Waals surface area contributed by atoms with Gasteiger partial charge < -0.3 is 15.1 Å². The highest BCUT2D eigenvalue weighted by molar-refractivity contribution is 6.33. The number of amides is 2. The Kier molecular flexibility index (Phi) is 5.32. The number of anilines is 1. The number of rotatable bonds is 3. The average Bonchev–Trinajstić information content (AvgIpc) is 2.67. The van der Waals surface area contributed by atoms with Gasteiger partial charge in [-0.05, 0) is 30.3 Å². The van der Waals surface area contributed by atoms with Crippen molar-refractivity contribution in [3.63, 3.8) is 0 Å². The maximum absolute atomic E-state index is 13.1. The lowest BCUT2D eigenvalue weighted by molar-refractivity contribution is 0.0746. The lowest BCUT2D eigenvalue weighted by Crippen LogP contribution is -2.49.